The third-order valence-electron chi connectivity index (χ3n) is 3.12. The monoisotopic (exact) mass is 311 g/mol. The van der Waals surface area contributed by atoms with Crippen molar-refractivity contribution in [2.45, 2.75) is 6.04 Å². The maximum atomic E-state index is 13.1. The molecule has 2 heterocycles. The third-order valence-corrected chi connectivity index (χ3v) is 5.23. The van der Waals surface area contributed by atoms with E-state index in [0.29, 0.717) is 21.9 Å². The number of thiophene rings is 1. The molecule has 3 rings (SSSR count). The minimum absolute atomic E-state index is 0.302. The van der Waals surface area contributed by atoms with Crippen molar-refractivity contribution in [2.24, 2.45) is 0 Å². The van der Waals surface area contributed by atoms with E-state index in [1.54, 1.807) is 12.1 Å². The Morgan fingerprint density at radius 1 is 1.35 bits per heavy atom. The van der Waals surface area contributed by atoms with Gasteiger partial charge in [-0.15, -0.1) is 23.1 Å². The van der Waals surface area contributed by atoms with E-state index in [1.807, 2.05) is 0 Å². The van der Waals surface area contributed by atoms with Crippen molar-refractivity contribution in [3.63, 3.8) is 0 Å². The summed E-state index contributed by atoms with van der Waals surface area (Å²) < 4.78 is 14.0. The van der Waals surface area contributed by atoms with E-state index in [2.05, 4.69) is 0 Å². The number of carboxylic acid groups (broad SMARTS) is 1. The van der Waals surface area contributed by atoms with Gasteiger partial charge in [-0.2, -0.15) is 0 Å². The van der Waals surface area contributed by atoms with Crippen LogP contribution in [0.2, 0.25) is 0 Å². The van der Waals surface area contributed by atoms with Crippen molar-refractivity contribution in [1.29, 1.82) is 0 Å². The van der Waals surface area contributed by atoms with E-state index < -0.39 is 12.0 Å². The Bertz CT molecular complexity index is 700. The molecule has 1 atom stereocenters. The fraction of sp³-hybridized carbons (Fsp3) is 0.231. The second-order valence-corrected chi connectivity index (χ2v) is 6.51. The number of hydrogen-bond acceptors (Lipinski definition) is 4. The number of aliphatic carboxylic acids is 1. The van der Waals surface area contributed by atoms with Gasteiger partial charge in [-0.3, -0.25) is 4.79 Å². The number of rotatable bonds is 2. The number of carbonyl (C=O) groups excluding carboxylic acids is 1. The lowest BCUT2D eigenvalue weighted by Crippen LogP contribution is -2.41. The minimum atomic E-state index is -0.990. The molecule has 1 saturated heterocycles. The van der Waals surface area contributed by atoms with Gasteiger partial charge in [-0.05, 0) is 29.7 Å². The molecule has 1 amide bonds. The molecule has 1 aromatic carbocycles. The fourth-order valence-electron chi connectivity index (χ4n) is 2.11. The number of halogens is 1. The summed E-state index contributed by atoms with van der Waals surface area (Å²) in [6, 6.07) is 5.18. The number of thioether (sulfide) groups is 1. The molecule has 0 aliphatic carbocycles. The summed E-state index contributed by atoms with van der Waals surface area (Å²) in [5, 5.41) is 9.77. The first-order chi connectivity index (χ1) is 9.56. The Hall–Kier alpha value is -1.60. The molecule has 0 radical (unpaired) electrons. The normalized spacial score (nSPS) is 18.6. The van der Waals surface area contributed by atoms with Crippen LogP contribution in [-0.4, -0.2) is 39.6 Å². The van der Waals surface area contributed by atoms with Gasteiger partial charge in [0.2, 0.25) is 0 Å². The van der Waals surface area contributed by atoms with Crippen LogP contribution in [0.3, 0.4) is 0 Å². The largest absolute Gasteiger partial charge is 0.480 e. The Balaban J connectivity index is 1.94. The van der Waals surface area contributed by atoms with Gasteiger partial charge in [0.15, 0.2) is 0 Å². The molecule has 0 saturated carbocycles. The van der Waals surface area contributed by atoms with Crippen molar-refractivity contribution < 1.29 is 19.1 Å². The summed E-state index contributed by atoms with van der Waals surface area (Å²) in [4.78, 5) is 25.3. The summed E-state index contributed by atoms with van der Waals surface area (Å²) in [7, 11) is 0. The Morgan fingerprint density at radius 3 is 2.90 bits per heavy atom. The van der Waals surface area contributed by atoms with Crippen LogP contribution in [0.4, 0.5) is 4.39 Å². The Labute approximate surface area is 122 Å². The highest BCUT2D eigenvalue weighted by Crippen LogP contribution is 2.30. The highest BCUT2D eigenvalue weighted by molar-refractivity contribution is 7.99. The molecule has 7 heteroatoms. The van der Waals surface area contributed by atoms with Gasteiger partial charge in [0.1, 0.15) is 11.9 Å². The van der Waals surface area contributed by atoms with Crippen LogP contribution in [0.5, 0.6) is 0 Å². The maximum absolute atomic E-state index is 13.1. The topological polar surface area (TPSA) is 57.6 Å². The minimum Gasteiger partial charge on any atom is -0.480 e. The molecule has 4 nitrogen and oxygen atoms in total. The molecule has 0 bridgehead atoms. The van der Waals surface area contributed by atoms with Crippen molar-refractivity contribution in [1.82, 2.24) is 4.90 Å². The van der Waals surface area contributed by atoms with Crippen molar-refractivity contribution in [2.75, 3.05) is 11.6 Å². The summed E-state index contributed by atoms with van der Waals surface area (Å²) in [6.45, 7) is 0. The SMILES string of the molecule is O=C(O)C1CSCN1C(=O)c1cc2cc(F)ccc2s1. The molecular formula is C13H10FNO3S2. The molecule has 1 N–H and O–H groups in total. The zero-order valence-electron chi connectivity index (χ0n) is 10.2. The maximum Gasteiger partial charge on any atom is 0.327 e. The van der Waals surface area contributed by atoms with Crippen LogP contribution in [0, 0.1) is 5.82 Å². The van der Waals surface area contributed by atoms with Gasteiger partial charge in [0, 0.05) is 10.5 Å². The Morgan fingerprint density at radius 2 is 2.15 bits per heavy atom. The lowest BCUT2D eigenvalue weighted by Gasteiger charge is -2.19. The molecule has 1 aromatic heterocycles. The first-order valence-electron chi connectivity index (χ1n) is 5.87. The van der Waals surface area contributed by atoms with Crippen molar-refractivity contribution >= 4 is 45.1 Å². The molecule has 20 heavy (non-hydrogen) atoms. The number of fused-ring (bicyclic) bond motifs is 1. The molecule has 1 unspecified atom stereocenters. The zero-order valence-corrected chi connectivity index (χ0v) is 11.8. The highest BCUT2D eigenvalue weighted by atomic mass is 32.2. The van der Waals surface area contributed by atoms with Gasteiger partial charge in [-0.25, -0.2) is 9.18 Å². The van der Waals surface area contributed by atoms with Gasteiger partial charge in [0.05, 0.1) is 10.8 Å². The average Bonchev–Trinajstić information content (AvgIpc) is 3.03. The second-order valence-electron chi connectivity index (χ2n) is 4.42. The molecular weight excluding hydrogens is 301 g/mol. The summed E-state index contributed by atoms with van der Waals surface area (Å²) in [5.74, 6) is -0.868. The smallest absolute Gasteiger partial charge is 0.327 e. The predicted molar refractivity (Wildman–Crippen MR) is 76.7 cm³/mol. The number of hydrogen-bond donors (Lipinski definition) is 1. The lowest BCUT2D eigenvalue weighted by atomic mass is 10.2. The van der Waals surface area contributed by atoms with Crippen molar-refractivity contribution in [3.8, 4) is 0 Å². The zero-order chi connectivity index (χ0) is 14.3. The quantitative estimate of drug-likeness (QED) is 0.926. The van der Waals surface area contributed by atoms with Crippen LogP contribution < -0.4 is 0 Å². The number of benzene rings is 1. The number of nitrogens with zero attached hydrogens (tertiary/aromatic N) is 1. The van der Waals surface area contributed by atoms with Gasteiger partial charge in [-0.1, -0.05) is 0 Å². The average molecular weight is 311 g/mol. The summed E-state index contributed by atoms with van der Waals surface area (Å²) >= 11 is 2.67. The van der Waals surface area contributed by atoms with Crippen LogP contribution in [0.1, 0.15) is 9.67 Å². The van der Waals surface area contributed by atoms with E-state index in [4.69, 9.17) is 5.11 Å². The summed E-state index contributed by atoms with van der Waals surface area (Å²) in [5.41, 5.74) is 0. The molecule has 1 aliphatic rings. The van der Waals surface area contributed by atoms with E-state index >= 15 is 0 Å². The van der Waals surface area contributed by atoms with Crippen LogP contribution in [0.25, 0.3) is 10.1 Å². The molecule has 2 aromatic rings. The van der Waals surface area contributed by atoms with Gasteiger partial charge >= 0.3 is 5.97 Å². The number of carbonyl (C=O) groups is 2. The second kappa shape index (κ2) is 5.06. The van der Waals surface area contributed by atoms with Crippen LogP contribution >= 0.6 is 23.1 Å². The van der Waals surface area contributed by atoms with E-state index in [1.165, 1.54) is 40.1 Å². The highest BCUT2D eigenvalue weighted by Gasteiger charge is 2.35. The van der Waals surface area contributed by atoms with E-state index in [9.17, 15) is 14.0 Å². The molecule has 1 fully saturated rings. The first kappa shape index (κ1) is 13.4. The van der Waals surface area contributed by atoms with Gasteiger partial charge < -0.3 is 10.0 Å². The predicted octanol–water partition coefficient (Wildman–Crippen LogP) is 2.64. The lowest BCUT2D eigenvalue weighted by molar-refractivity contribution is -0.140. The third kappa shape index (κ3) is 2.27. The van der Waals surface area contributed by atoms with Crippen molar-refractivity contribution in [3.05, 3.63) is 35.0 Å². The van der Waals surface area contributed by atoms with E-state index in [-0.39, 0.29) is 11.7 Å². The van der Waals surface area contributed by atoms with Gasteiger partial charge in [0.25, 0.3) is 5.91 Å². The number of carboxylic acids is 1. The number of amides is 1. The molecule has 104 valence electrons. The van der Waals surface area contributed by atoms with Crippen LogP contribution in [-0.2, 0) is 4.79 Å². The standard InChI is InChI=1S/C13H10FNO3S2/c14-8-1-2-10-7(3-8)4-11(20-10)12(16)15-6-19-5-9(15)13(17)18/h1-4,9H,5-6H2,(H,17,18). The molecule has 1 aliphatic heterocycles. The summed E-state index contributed by atoms with van der Waals surface area (Å²) in [6.07, 6.45) is 0. The first-order valence-corrected chi connectivity index (χ1v) is 7.84. The van der Waals surface area contributed by atoms with Crippen LogP contribution in [0.15, 0.2) is 24.3 Å². The fourth-order valence-corrected chi connectivity index (χ4v) is 4.25. The Kier molecular flexibility index (Phi) is 3.39. The van der Waals surface area contributed by atoms with E-state index in [0.717, 1.165) is 4.70 Å². The molecule has 0 spiro atoms.